The van der Waals surface area contributed by atoms with Gasteiger partial charge in [-0.25, -0.2) is 4.79 Å². The standard InChI is InChI=1S/C10H7BrN2O2/c11-8-3-4-12-9-2-1-6(5-7(8)9)13-10(14)15/h1-5,13H,(H,14,15). The number of anilines is 1. The van der Waals surface area contributed by atoms with E-state index in [1.165, 1.54) is 0 Å². The maximum absolute atomic E-state index is 10.5. The molecule has 2 aromatic rings. The van der Waals surface area contributed by atoms with Gasteiger partial charge in [0.05, 0.1) is 5.52 Å². The van der Waals surface area contributed by atoms with Gasteiger partial charge in [-0.3, -0.25) is 10.3 Å². The number of halogens is 1. The van der Waals surface area contributed by atoms with Crippen LogP contribution in [-0.2, 0) is 0 Å². The maximum Gasteiger partial charge on any atom is 0.409 e. The molecular formula is C10H7BrN2O2. The zero-order chi connectivity index (χ0) is 10.8. The highest BCUT2D eigenvalue weighted by Gasteiger charge is 2.02. The quantitative estimate of drug-likeness (QED) is 0.834. The van der Waals surface area contributed by atoms with E-state index < -0.39 is 6.09 Å². The van der Waals surface area contributed by atoms with Crippen molar-refractivity contribution in [2.75, 3.05) is 5.32 Å². The number of benzene rings is 1. The third kappa shape index (κ3) is 2.07. The minimum absolute atomic E-state index is 0.531. The van der Waals surface area contributed by atoms with Gasteiger partial charge in [-0.1, -0.05) is 15.9 Å². The van der Waals surface area contributed by atoms with Gasteiger partial charge in [0, 0.05) is 21.7 Å². The van der Waals surface area contributed by atoms with Crippen molar-refractivity contribution in [3.8, 4) is 0 Å². The van der Waals surface area contributed by atoms with E-state index in [2.05, 4.69) is 26.2 Å². The third-order valence-corrected chi connectivity index (χ3v) is 2.63. The van der Waals surface area contributed by atoms with E-state index in [1.807, 2.05) is 6.07 Å². The first-order valence-electron chi connectivity index (χ1n) is 4.21. The lowest BCUT2D eigenvalue weighted by atomic mass is 10.2. The van der Waals surface area contributed by atoms with E-state index in [1.54, 1.807) is 24.4 Å². The molecule has 5 heteroatoms. The second-order valence-corrected chi connectivity index (χ2v) is 3.81. The summed E-state index contributed by atoms with van der Waals surface area (Å²) >= 11 is 3.38. The third-order valence-electron chi connectivity index (χ3n) is 1.94. The molecule has 0 radical (unpaired) electrons. The van der Waals surface area contributed by atoms with Crippen LogP contribution in [0.25, 0.3) is 10.9 Å². The van der Waals surface area contributed by atoms with Crippen LogP contribution in [0.15, 0.2) is 34.9 Å². The summed E-state index contributed by atoms with van der Waals surface area (Å²) in [7, 11) is 0. The molecule has 0 aliphatic heterocycles. The highest BCUT2D eigenvalue weighted by atomic mass is 79.9. The maximum atomic E-state index is 10.5. The van der Waals surface area contributed by atoms with Gasteiger partial charge in [-0.2, -0.15) is 0 Å². The molecule has 0 saturated carbocycles. The number of rotatable bonds is 1. The first-order valence-corrected chi connectivity index (χ1v) is 5.00. The molecular weight excluding hydrogens is 260 g/mol. The summed E-state index contributed by atoms with van der Waals surface area (Å²) in [5, 5.41) is 11.7. The number of pyridine rings is 1. The van der Waals surface area contributed by atoms with Crippen LogP contribution in [-0.4, -0.2) is 16.2 Å². The number of carbonyl (C=O) groups is 1. The molecule has 1 aromatic carbocycles. The summed E-state index contributed by atoms with van der Waals surface area (Å²) < 4.78 is 0.890. The Morgan fingerprint density at radius 3 is 2.93 bits per heavy atom. The molecule has 0 aliphatic rings. The molecule has 1 amide bonds. The van der Waals surface area contributed by atoms with Gasteiger partial charge >= 0.3 is 6.09 Å². The van der Waals surface area contributed by atoms with Crippen LogP contribution in [0, 0.1) is 0 Å². The van der Waals surface area contributed by atoms with E-state index in [4.69, 9.17) is 5.11 Å². The molecule has 0 aliphatic carbocycles. The predicted molar refractivity (Wildman–Crippen MR) is 61.1 cm³/mol. The van der Waals surface area contributed by atoms with Crippen molar-refractivity contribution in [1.29, 1.82) is 0 Å². The van der Waals surface area contributed by atoms with Crippen molar-refractivity contribution in [2.24, 2.45) is 0 Å². The lowest BCUT2D eigenvalue weighted by Crippen LogP contribution is -2.06. The van der Waals surface area contributed by atoms with Crippen LogP contribution in [0.5, 0.6) is 0 Å². The summed E-state index contributed by atoms with van der Waals surface area (Å²) in [5.74, 6) is 0. The summed E-state index contributed by atoms with van der Waals surface area (Å²) in [6.07, 6.45) is 0.617. The van der Waals surface area contributed by atoms with Crippen LogP contribution >= 0.6 is 15.9 Å². The SMILES string of the molecule is O=C(O)Nc1ccc2nccc(Br)c2c1. The normalized spacial score (nSPS) is 10.2. The van der Waals surface area contributed by atoms with Crippen molar-refractivity contribution in [3.63, 3.8) is 0 Å². The first-order chi connectivity index (χ1) is 7.16. The fourth-order valence-electron chi connectivity index (χ4n) is 1.31. The Kier molecular flexibility index (Phi) is 2.55. The molecule has 2 N–H and O–H groups in total. The summed E-state index contributed by atoms with van der Waals surface area (Å²) in [5.41, 5.74) is 1.35. The lowest BCUT2D eigenvalue weighted by molar-refractivity contribution is 0.210. The monoisotopic (exact) mass is 266 g/mol. The number of nitrogens with zero attached hydrogens (tertiary/aromatic N) is 1. The van der Waals surface area contributed by atoms with Gasteiger partial charge < -0.3 is 5.11 Å². The number of fused-ring (bicyclic) bond motifs is 1. The van der Waals surface area contributed by atoms with Crippen molar-refractivity contribution in [2.45, 2.75) is 0 Å². The Hall–Kier alpha value is -1.62. The largest absolute Gasteiger partial charge is 0.465 e. The summed E-state index contributed by atoms with van der Waals surface area (Å²) in [4.78, 5) is 14.6. The Morgan fingerprint density at radius 2 is 2.20 bits per heavy atom. The van der Waals surface area contributed by atoms with E-state index in [0.717, 1.165) is 15.4 Å². The fourth-order valence-corrected chi connectivity index (χ4v) is 1.75. The van der Waals surface area contributed by atoms with Crippen molar-refractivity contribution in [3.05, 3.63) is 34.9 Å². The van der Waals surface area contributed by atoms with Crippen LogP contribution in [0.4, 0.5) is 10.5 Å². The lowest BCUT2D eigenvalue weighted by Gasteiger charge is -2.03. The van der Waals surface area contributed by atoms with Gasteiger partial charge in [0.2, 0.25) is 0 Å². The number of aromatic nitrogens is 1. The first kappa shape index (κ1) is 9.92. The molecule has 0 atom stereocenters. The molecule has 4 nitrogen and oxygen atoms in total. The van der Waals surface area contributed by atoms with Crippen molar-refractivity contribution >= 4 is 38.6 Å². The Labute approximate surface area is 94.1 Å². The number of amides is 1. The predicted octanol–water partition coefficient (Wildman–Crippen LogP) is 3.09. The van der Waals surface area contributed by atoms with Crippen LogP contribution in [0.2, 0.25) is 0 Å². The smallest absolute Gasteiger partial charge is 0.409 e. The molecule has 0 unspecified atom stereocenters. The van der Waals surface area contributed by atoms with Gasteiger partial charge in [-0.15, -0.1) is 0 Å². The molecule has 0 bridgehead atoms. The van der Waals surface area contributed by atoms with Gasteiger partial charge in [-0.05, 0) is 24.3 Å². The molecule has 15 heavy (non-hydrogen) atoms. The molecule has 1 heterocycles. The molecule has 0 saturated heterocycles. The second-order valence-electron chi connectivity index (χ2n) is 2.95. The van der Waals surface area contributed by atoms with Crippen LogP contribution in [0.3, 0.4) is 0 Å². The average Bonchev–Trinajstić information content (AvgIpc) is 2.18. The summed E-state index contributed by atoms with van der Waals surface area (Å²) in [6, 6.07) is 6.99. The van der Waals surface area contributed by atoms with Gasteiger partial charge in [0.25, 0.3) is 0 Å². The van der Waals surface area contributed by atoms with E-state index in [-0.39, 0.29) is 0 Å². The number of carboxylic acid groups (broad SMARTS) is 1. The molecule has 0 spiro atoms. The van der Waals surface area contributed by atoms with Crippen LogP contribution in [0.1, 0.15) is 0 Å². The topological polar surface area (TPSA) is 62.2 Å². The Balaban J connectivity index is 2.54. The second kappa shape index (κ2) is 3.86. The molecule has 2 rings (SSSR count). The zero-order valence-electron chi connectivity index (χ0n) is 7.57. The minimum Gasteiger partial charge on any atom is -0.465 e. The van der Waals surface area contributed by atoms with E-state index in [0.29, 0.717) is 5.69 Å². The van der Waals surface area contributed by atoms with E-state index in [9.17, 15) is 4.79 Å². The van der Waals surface area contributed by atoms with Crippen molar-refractivity contribution in [1.82, 2.24) is 4.98 Å². The van der Waals surface area contributed by atoms with E-state index >= 15 is 0 Å². The van der Waals surface area contributed by atoms with Crippen molar-refractivity contribution < 1.29 is 9.90 Å². The Bertz CT molecular complexity index is 528. The highest BCUT2D eigenvalue weighted by molar-refractivity contribution is 9.10. The Morgan fingerprint density at radius 1 is 1.40 bits per heavy atom. The van der Waals surface area contributed by atoms with Gasteiger partial charge in [0.15, 0.2) is 0 Å². The minimum atomic E-state index is -1.07. The van der Waals surface area contributed by atoms with Gasteiger partial charge in [0.1, 0.15) is 0 Å². The highest BCUT2D eigenvalue weighted by Crippen LogP contribution is 2.24. The molecule has 76 valence electrons. The number of nitrogens with one attached hydrogen (secondary N) is 1. The number of hydrogen-bond acceptors (Lipinski definition) is 2. The summed E-state index contributed by atoms with van der Waals surface area (Å²) in [6.45, 7) is 0. The number of hydrogen-bond donors (Lipinski definition) is 2. The zero-order valence-corrected chi connectivity index (χ0v) is 9.15. The average molecular weight is 267 g/mol. The molecule has 0 fully saturated rings. The fraction of sp³-hybridized carbons (Fsp3) is 0. The molecule has 1 aromatic heterocycles. The van der Waals surface area contributed by atoms with Crippen LogP contribution < -0.4 is 5.32 Å².